The van der Waals surface area contributed by atoms with E-state index in [1.165, 1.54) is 128 Å². The molecule has 0 aromatic heterocycles. The zero-order chi connectivity index (χ0) is 43.5. The highest BCUT2D eigenvalue weighted by molar-refractivity contribution is 6.29. The quantitative estimate of drug-likeness (QED) is 0.134. The van der Waals surface area contributed by atoms with E-state index in [0.717, 1.165) is 0 Å². The second kappa shape index (κ2) is 15.9. The molecule has 0 amide bonds. The molecule has 0 heterocycles. The van der Waals surface area contributed by atoms with Crippen LogP contribution in [-0.2, 0) is 0 Å². The Morgan fingerprint density at radius 1 is 0.317 bits per heavy atom. The van der Waals surface area contributed by atoms with Crippen LogP contribution in [0.4, 0.5) is 34.1 Å². The first-order chi connectivity index (χ1) is 30.5. The molecule has 0 saturated carbocycles. The van der Waals surface area contributed by atoms with Crippen LogP contribution in [0.15, 0.2) is 176 Å². The predicted octanol–water partition coefficient (Wildman–Crippen LogP) is 17.8. The number of aryl methyl sites for hydroxylation is 6. The highest BCUT2D eigenvalue weighted by Gasteiger charge is 2.26. The third-order valence-corrected chi connectivity index (χ3v) is 13.2. The zero-order valence-corrected chi connectivity index (χ0v) is 37.7. The predicted molar refractivity (Wildman–Crippen MR) is 273 cm³/mol. The summed E-state index contributed by atoms with van der Waals surface area (Å²) in [6.45, 7) is 18.1. The number of benzene rings is 10. The number of hydrogen-bond acceptors (Lipinski definition) is 2. The Kier molecular flexibility index (Phi) is 10.1. The zero-order valence-electron chi connectivity index (χ0n) is 37.7. The summed E-state index contributed by atoms with van der Waals surface area (Å²) in [6.07, 6.45) is 0. The van der Waals surface area contributed by atoms with Crippen molar-refractivity contribution in [3.8, 4) is 22.3 Å². The molecule has 0 atom stereocenters. The summed E-state index contributed by atoms with van der Waals surface area (Å²) in [7, 11) is 0. The van der Waals surface area contributed by atoms with Gasteiger partial charge in [0.05, 0.1) is 11.4 Å². The van der Waals surface area contributed by atoms with Crippen molar-refractivity contribution in [3.63, 3.8) is 0 Å². The first-order valence-corrected chi connectivity index (χ1v) is 22.4. The van der Waals surface area contributed by atoms with Crippen LogP contribution in [0, 0.1) is 41.5 Å². The molecular weight excluding hydrogens is 761 g/mol. The van der Waals surface area contributed by atoms with E-state index in [4.69, 9.17) is 0 Å². The minimum atomic E-state index is 0.291. The monoisotopic (exact) mass is 814 g/mol. The van der Waals surface area contributed by atoms with Gasteiger partial charge >= 0.3 is 0 Å². The van der Waals surface area contributed by atoms with Crippen molar-refractivity contribution in [2.45, 2.75) is 61.3 Å². The SMILES string of the molecule is Cc1ccc(C)c(N(c2cc(-c3ccccc3)ccc2C)c2ccc3ccc4c(N(c5cc(C)ccc5C)c5cc(-c6ccccc6)ccc5C)cc(C(C)C)c5ccc2c3c54)c1. The topological polar surface area (TPSA) is 6.48 Å². The molecule has 10 rings (SSSR count). The second-order valence-electron chi connectivity index (χ2n) is 18.0. The van der Waals surface area contributed by atoms with Gasteiger partial charge in [0.2, 0.25) is 0 Å². The molecule has 0 aliphatic heterocycles. The Morgan fingerprint density at radius 2 is 0.746 bits per heavy atom. The summed E-state index contributed by atoms with van der Waals surface area (Å²) in [5.74, 6) is 0.291. The number of rotatable bonds is 9. The van der Waals surface area contributed by atoms with Crippen LogP contribution in [0.25, 0.3) is 54.6 Å². The molecule has 0 unspecified atom stereocenters. The molecule has 308 valence electrons. The van der Waals surface area contributed by atoms with Gasteiger partial charge in [-0.2, -0.15) is 0 Å². The molecule has 0 N–H and O–H groups in total. The molecule has 2 nitrogen and oxygen atoms in total. The standard InChI is InChI=1S/C61H54N2/c1-38(2)53-37-59(63(56-34-40(4)20-22-42(56)6)58-36-49(26-24-44(58)8)46-17-13-10-14-18-46)52-29-27-47-28-32-54(51-31-30-50(53)61(52)60(47)51)62(55-33-39(3)19-21-41(55)5)57-35-48(25-23-43(57)7)45-15-11-9-12-16-45/h9-38H,1-8H3. The summed E-state index contributed by atoms with van der Waals surface area (Å²) >= 11 is 0. The Labute approximate surface area is 373 Å². The van der Waals surface area contributed by atoms with Crippen molar-refractivity contribution in [2.75, 3.05) is 9.80 Å². The minimum Gasteiger partial charge on any atom is -0.309 e. The fourth-order valence-electron chi connectivity index (χ4n) is 9.77. The number of anilines is 6. The van der Waals surface area contributed by atoms with Gasteiger partial charge in [-0.15, -0.1) is 0 Å². The van der Waals surface area contributed by atoms with Crippen LogP contribution < -0.4 is 9.80 Å². The van der Waals surface area contributed by atoms with E-state index in [9.17, 15) is 0 Å². The summed E-state index contributed by atoms with van der Waals surface area (Å²) in [5.41, 5.74) is 20.7. The first-order valence-electron chi connectivity index (χ1n) is 22.4. The fraction of sp³-hybridized carbons (Fsp3) is 0.148. The van der Waals surface area contributed by atoms with E-state index in [1.54, 1.807) is 0 Å². The van der Waals surface area contributed by atoms with Gasteiger partial charge in [-0.1, -0.05) is 153 Å². The Balaban J connectivity index is 1.29. The molecule has 10 aromatic rings. The third kappa shape index (κ3) is 7.01. The molecule has 0 aliphatic rings. The van der Waals surface area contributed by atoms with Gasteiger partial charge in [-0.05, 0) is 167 Å². The van der Waals surface area contributed by atoms with Gasteiger partial charge in [0, 0.05) is 33.5 Å². The van der Waals surface area contributed by atoms with E-state index >= 15 is 0 Å². The van der Waals surface area contributed by atoms with Gasteiger partial charge in [0.25, 0.3) is 0 Å². The van der Waals surface area contributed by atoms with Gasteiger partial charge in [-0.3, -0.25) is 0 Å². The smallest absolute Gasteiger partial charge is 0.0543 e. The lowest BCUT2D eigenvalue weighted by molar-refractivity contribution is 0.876. The molecule has 2 heteroatoms. The number of nitrogens with zero attached hydrogens (tertiary/aromatic N) is 2. The summed E-state index contributed by atoms with van der Waals surface area (Å²) in [6, 6.07) is 65.8. The minimum absolute atomic E-state index is 0.291. The van der Waals surface area contributed by atoms with Crippen LogP contribution >= 0.6 is 0 Å². The maximum absolute atomic E-state index is 2.56. The molecule has 0 saturated heterocycles. The van der Waals surface area contributed by atoms with Crippen molar-refractivity contribution in [1.29, 1.82) is 0 Å². The normalized spacial score (nSPS) is 11.6. The summed E-state index contributed by atoms with van der Waals surface area (Å²) in [5, 5.41) is 7.66. The van der Waals surface area contributed by atoms with E-state index < -0.39 is 0 Å². The van der Waals surface area contributed by atoms with Crippen molar-refractivity contribution in [3.05, 3.63) is 215 Å². The van der Waals surface area contributed by atoms with E-state index in [2.05, 4.69) is 241 Å². The summed E-state index contributed by atoms with van der Waals surface area (Å²) < 4.78 is 0. The molecule has 0 radical (unpaired) electrons. The lowest BCUT2D eigenvalue weighted by Crippen LogP contribution is -2.15. The van der Waals surface area contributed by atoms with Gasteiger partial charge in [0.15, 0.2) is 0 Å². The number of hydrogen-bond donors (Lipinski definition) is 0. The van der Waals surface area contributed by atoms with Crippen LogP contribution in [0.1, 0.15) is 58.7 Å². The van der Waals surface area contributed by atoms with Crippen LogP contribution in [0.5, 0.6) is 0 Å². The van der Waals surface area contributed by atoms with E-state index in [0.29, 0.717) is 5.92 Å². The van der Waals surface area contributed by atoms with Crippen LogP contribution in [0.2, 0.25) is 0 Å². The molecular formula is C61H54N2. The third-order valence-electron chi connectivity index (χ3n) is 13.2. The highest BCUT2D eigenvalue weighted by atomic mass is 15.2. The van der Waals surface area contributed by atoms with E-state index in [1.807, 2.05) is 0 Å². The van der Waals surface area contributed by atoms with Gasteiger partial charge in [0.1, 0.15) is 0 Å². The maximum Gasteiger partial charge on any atom is 0.0543 e. The summed E-state index contributed by atoms with van der Waals surface area (Å²) in [4.78, 5) is 5.09. The highest BCUT2D eigenvalue weighted by Crippen LogP contribution is 2.51. The molecule has 0 bridgehead atoms. The Morgan fingerprint density at radius 3 is 1.27 bits per heavy atom. The molecule has 10 aromatic carbocycles. The van der Waals surface area contributed by atoms with Crippen molar-refractivity contribution in [1.82, 2.24) is 0 Å². The second-order valence-corrected chi connectivity index (χ2v) is 18.0. The van der Waals surface area contributed by atoms with Crippen molar-refractivity contribution in [2.24, 2.45) is 0 Å². The molecule has 0 aliphatic carbocycles. The Bertz CT molecular complexity index is 3320. The van der Waals surface area contributed by atoms with Gasteiger partial charge < -0.3 is 9.80 Å². The lowest BCUT2D eigenvalue weighted by atomic mass is 9.86. The van der Waals surface area contributed by atoms with Crippen molar-refractivity contribution < 1.29 is 0 Å². The van der Waals surface area contributed by atoms with E-state index in [-0.39, 0.29) is 0 Å². The lowest BCUT2D eigenvalue weighted by Gasteiger charge is -2.33. The maximum atomic E-state index is 2.56. The molecule has 63 heavy (non-hydrogen) atoms. The average Bonchev–Trinajstić information content (AvgIpc) is 3.30. The molecule has 0 spiro atoms. The fourth-order valence-corrected chi connectivity index (χ4v) is 9.77. The Hall–Kier alpha value is -7.16. The van der Waals surface area contributed by atoms with Crippen LogP contribution in [0.3, 0.4) is 0 Å². The largest absolute Gasteiger partial charge is 0.309 e. The first kappa shape index (κ1) is 39.9. The van der Waals surface area contributed by atoms with Gasteiger partial charge in [-0.25, -0.2) is 0 Å². The van der Waals surface area contributed by atoms with Crippen molar-refractivity contribution >= 4 is 66.4 Å². The van der Waals surface area contributed by atoms with Crippen LogP contribution in [-0.4, -0.2) is 0 Å². The molecule has 0 fully saturated rings. The average molecular weight is 815 g/mol.